The third-order valence-corrected chi connectivity index (χ3v) is 3.75. The Kier molecular flexibility index (Phi) is 6.26. The molecule has 0 aliphatic heterocycles. The molecule has 2 aromatic rings. The minimum absolute atomic E-state index is 0.0295. The lowest BCUT2D eigenvalue weighted by atomic mass is 10.0. The Morgan fingerprint density at radius 1 is 1.09 bits per heavy atom. The molecule has 1 amide bonds. The summed E-state index contributed by atoms with van der Waals surface area (Å²) >= 11 is 5.09. The van der Waals surface area contributed by atoms with Crippen molar-refractivity contribution in [2.75, 3.05) is 6.61 Å². The van der Waals surface area contributed by atoms with Gasteiger partial charge in [0.05, 0.1) is 12.6 Å². The zero-order valence-electron chi connectivity index (χ0n) is 13.0. The fourth-order valence-corrected chi connectivity index (χ4v) is 2.38. The van der Waals surface area contributed by atoms with Gasteiger partial charge >= 0.3 is 0 Å². The lowest BCUT2D eigenvalue weighted by molar-refractivity contribution is 0.0976. The van der Waals surface area contributed by atoms with Gasteiger partial charge in [-0.1, -0.05) is 49.4 Å². The van der Waals surface area contributed by atoms with Crippen molar-refractivity contribution in [2.45, 2.75) is 19.4 Å². The summed E-state index contributed by atoms with van der Waals surface area (Å²) in [5, 5.41) is 14.9. The maximum absolute atomic E-state index is 12.2. The Morgan fingerprint density at radius 2 is 1.70 bits per heavy atom. The molecule has 0 radical (unpaired) electrons. The largest absolute Gasteiger partial charge is 0.394 e. The Balaban J connectivity index is 1.99. The van der Waals surface area contributed by atoms with Gasteiger partial charge in [-0.25, -0.2) is 0 Å². The first-order chi connectivity index (χ1) is 11.1. The molecule has 23 heavy (non-hydrogen) atoms. The quantitative estimate of drug-likeness (QED) is 0.739. The molecule has 2 aromatic carbocycles. The molecule has 0 bridgehead atoms. The molecular weight excluding hydrogens is 308 g/mol. The fraction of sp³-hybridized carbons (Fsp3) is 0.222. The second-order valence-electron chi connectivity index (χ2n) is 5.16. The average molecular weight is 328 g/mol. The van der Waals surface area contributed by atoms with Crippen LogP contribution in [-0.4, -0.2) is 28.8 Å². The second kappa shape index (κ2) is 8.41. The van der Waals surface area contributed by atoms with E-state index in [9.17, 15) is 4.79 Å². The highest BCUT2D eigenvalue weighted by molar-refractivity contribution is 7.80. The molecule has 0 aliphatic rings. The summed E-state index contributed by atoms with van der Waals surface area (Å²) in [7, 11) is 0. The van der Waals surface area contributed by atoms with Gasteiger partial charge in [0.1, 0.15) is 0 Å². The predicted octanol–water partition coefficient (Wildman–Crippen LogP) is 2.73. The van der Waals surface area contributed by atoms with Crippen molar-refractivity contribution >= 4 is 23.2 Å². The molecule has 0 saturated carbocycles. The molecule has 0 heterocycles. The van der Waals surface area contributed by atoms with Gasteiger partial charge < -0.3 is 10.4 Å². The lowest BCUT2D eigenvalue weighted by Gasteiger charge is -2.16. The van der Waals surface area contributed by atoms with Crippen molar-refractivity contribution in [1.82, 2.24) is 10.6 Å². The van der Waals surface area contributed by atoms with Crippen molar-refractivity contribution in [3.8, 4) is 11.1 Å². The molecule has 0 saturated heterocycles. The molecule has 120 valence electrons. The van der Waals surface area contributed by atoms with E-state index in [4.69, 9.17) is 17.3 Å². The number of nitrogens with one attached hydrogen (secondary N) is 2. The smallest absolute Gasteiger partial charge is 0.257 e. The van der Waals surface area contributed by atoms with Gasteiger partial charge in [0.2, 0.25) is 0 Å². The van der Waals surface area contributed by atoms with Crippen molar-refractivity contribution in [1.29, 1.82) is 0 Å². The van der Waals surface area contributed by atoms with E-state index < -0.39 is 0 Å². The summed E-state index contributed by atoms with van der Waals surface area (Å²) in [5.74, 6) is -0.269. The molecule has 0 fully saturated rings. The molecule has 0 spiro atoms. The number of thiocarbonyl (C=S) groups is 1. The van der Waals surface area contributed by atoms with Gasteiger partial charge in [0, 0.05) is 5.56 Å². The summed E-state index contributed by atoms with van der Waals surface area (Å²) in [5.41, 5.74) is 2.69. The van der Waals surface area contributed by atoms with E-state index in [1.165, 1.54) is 0 Å². The van der Waals surface area contributed by atoms with Gasteiger partial charge in [-0.05, 0) is 41.9 Å². The van der Waals surface area contributed by atoms with Crippen LogP contribution in [0.15, 0.2) is 54.6 Å². The normalized spacial score (nSPS) is 11.6. The number of carbonyl (C=O) groups is 1. The summed E-state index contributed by atoms with van der Waals surface area (Å²) in [6.45, 7) is 1.90. The SMILES string of the molecule is CCC(CO)NC(=S)NC(=O)c1ccc(-c2ccccc2)cc1. The first-order valence-electron chi connectivity index (χ1n) is 7.52. The Hall–Kier alpha value is -2.24. The monoisotopic (exact) mass is 328 g/mol. The van der Waals surface area contributed by atoms with Gasteiger partial charge in [-0.3, -0.25) is 10.1 Å². The summed E-state index contributed by atoms with van der Waals surface area (Å²) in [6.07, 6.45) is 0.721. The highest BCUT2D eigenvalue weighted by Crippen LogP contribution is 2.19. The molecule has 3 N–H and O–H groups in total. The Labute approximate surface area is 141 Å². The Morgan fingerprint density at radius 3 is 2.26 bits per heavy atom. The maximum Gasteiger partial charge on any atom is 0.257 e. The summed E-state index contributed by atoms with van der Waals surface area (Å²) < 4.78 is 0. The highest BCUT2D eigenvalue weighted by Gasteiger charge is 2.11. The third-order valence-electron chi connectivity index (χ3n) is 3.53. The second-order valence-corrected chi connectivity index (χ2v) is 5.57. The molecule has 1 unspecified atom stereocenters. The number of aliphatic hydroxyl groups is 1. The van der Waals surface area contributed by atoms with Crippen LogP contribution in [0, 0.1) is 0 Å². The Bertz CT molecular complexity index is 652. The van der Waals surface area contributed by atoms with Crippen LogP contribution in [-0.2, 0) is 0 Å². The number of aliphatic hydroxyl groups excluding tert-OH is 1. The van der Waals surface area contributed by atoms with Crippen LogP contribution in [0.3, 0.4) is 0 Å². The van der Waals surface area contributed by atoms with E-state index >= 15 is 0 Å². The van der Waals surface area contributed by atoms with Crippen LogP contribution < -0.4 is 10.6 Å². The van der Waals surface area contributed by atoms with E-state index in [0.717, 1.165) is 17.5 Å². The van der Waals surface area contributed by atoms with Crippen molar-refractivity contribution in [3.05, 3.63) is 60.2 Å². The summed E-state index contributed by atoms with van der Waals surface area (Å²) in [6, 6.07) is 17.2. The van der Waals surface area contributed by atoms with E-state index in [2.05, 4.69) is 10.6 Å². The number of benzene rings is 2. The minimum Gasteiger partial charge on any atom is -0.394 e. The zero-order valence-corrected chi connectivity index (χ0v) is 13.8. The molecule has 1 atom stereocenters. The topological polar surface area (TPSA) is 61.4 Å². The first kappa shape index (κ1) is 17.1. The van der Waals surface area contributed by atoms with Crippen LogP contribution in [0.2, 0.25) is 0 Å². The van der Waals surface area contributed by atoms with Crippen molar-refractivity contribution in [3.63, 3.8) is 0 Å². The van der Waals surface area contributed by atoms with Crippen LogP contribution >= 0.6 is 12.2 Å². The average Bonchev–Trinajstić information content (AvgIpc) is 2.60. The standard InChI is InChI=1S/C18H20N2O2S/c1-2-16(12-21)19-18(23)20-17(22)15-10-8-14(9-11-15)13-6-4-3-5-7-13/h3-11,16,21H,2,12H2,1H3,(H2,19,20,22,23). The van der Waals surface area contributed by atoms with Crippen LogP contribution in [0.5, 0.6) is 0 Å². The van der Waals surface area contributed by atoms with Gasteiger partial charge in [0.25, 0.3) is 5.91 Å². The molecule has 2 rings (SSSR count). The molecule has 0 aromatic heterocycles. The number of hydrogen-bond donors (Lipinski definition) is 3. The van der Waals surface area contributed by atoms with Crippen LogP contribution in [0.25, 0.3) is 11.1 Å². The van der Waals surface area contributed by atoms with E-state index in [0.29, 0.717) is 5.56 Å². The third kappa shape index (κ3) is 4.87. The van der Waals surface area contributed by atoms with Crippen LogP contribution in [0.1, 0.15) is 23.7 Å². The van der Waals surface area contributed by atoms with Crippen molar-refractivity contribution in [2.24, 2.45) is 0 Å². The first-order valence-corrected chi connectivity index (χ1v) is 7.93. The van der Waals surface area contributed by atoms with Gasteiger partial charge in [-0.15, -0.1) is 0 Å². The molecule has 5 heteroatoms. The minimum atomic E-state index is -0.269. The van der Waals surface area contributed by atoms with E-state index in [-0.39, 0.29) is 23.7 Å². The lowest BCUT2D eigenvalue weighted by Crippen LogP contribution is -2.45. The van der Waals surface area contributed by atoms with E-state index in [1.54, 1.807) is 12.1 Å². The van der Waals surface area contributed by atoms with Crippen LogP contribution in [0.4, 0.5) is 0 Å². The zero-order chi connectivity index (χ0) is 16.7. The molecular formula is C18H20N2O2S. The molecule has 4 nitrogen and oxygen atoms in total. The number of carbonyl (C=O) groups excluding carboxylic acids is 1. The number of hydrogen-bond acceptors (Lipinski definition) is 3. The van der Waals surface area contributed by atoms with Crippen molar-refractivity contribution < 1.29 is 9.90 Å². The van der Waals surface area contributed by atoms with Gasteiger partial charge in [0.15, 0.2) is 5.11 Å². The fourth-order valence-electron chi connectivity index (χ4n) is 2.12. The molecule has 0 aliphatic carbocycles. The van der Waals surface area contributed by atoms with E-state index in [1.807, 2.05) is 49.4 Å². The number of rotatable bonds is 5. The highest BCUT2D eigenvalue weighted by atomic mass is 32.1. The van der Waals surface area contributed by atoms with Gasteiger partial charge in [-0.2, -0.15) is 0 Å². The number of amides is 1. The summed E-state index contributed by atoms with van der Waals surface area (Å²) in [4.78, 5) is 12.2. The predicted molar refractivity (Wildman–Crippen MR) is 96.2 cm³/mol. The maximum atomic E-state index is 12.2.